The first-order chi connectivity index (χ1) is 19.2. The van der Waals surface area contributed by atoms with Gasteiger partial charge in [0.15, 0.2) is 0 Å². The lowest BCUT2D eigenvalue weighted by atomic mass is 9.88. The number of benzene rings is 2. The number of aromatic amines is 1. The van der Waals surface area contributed by atoms with Crippen LogP contribution in [0.3, 0.4) is 0 Å². The van der Waals surface area contributed by atoms with E-state index < -0.39 is 15.9 Å². The zero-order valence-electron chi connectivity index (χ0n) is 23.9. The van der Waals surface area contributed by atoms with Crippen LogP contribution in [0.15, 0.2) is 42.6 Å². The third kappa shape index (κ3) is 6.60. The predicted octanol–water partition coefficient (Wildman–Crippen LogP) is 4.38. The van der Waals surface area contributed by atoms with Gasteiger partial charge in [0.2, 0.25) is 10.0 Å². The van der Waals surface area contributed by atoms with Gasteiger partial charge in [-0.2, -0.15) is 0 Å². The highest BCUT2D eigenvalue weighted by atomic mass is 32.2. The number of piperidine rings is 2. The zero-order chi connectivity index (χ0) is 28.3. The number of carbonyl (C=O) groups excluding carboxylic acids is 1. The molecule has 3 heterocycles. The first kappa shape index (κ1) is 28.8. The van der Waals surface area contributed by atoms with E-state index in [9.17, 15) is 13.2 Å². The van der Waals surface area contributed by atoms with Crippen LogP contribution in [0.2, 0.25) is 0 Å². The van der Waals surface area contributed by atoms with Crippen LogP contribution < -0.4 is 5.73 Å². The number of amides is 1. The molecule has 0 spiro atoms. The lowest BCUT2D eigenvalue weighted by Crippen LogP contribution is -2.39. The molecule has 2 aliphatic rings. The van der Waals surface area contributed by atoms with Crippen molar-refractivity contribution < 1.29 is 13.2 Å². The lowest BCUT2D eigenvalue weighted by Gasteiger charge is -2.31. The highest BCUT2D eigenvalue weighted by Crippen LogP contribution is 2.37. The third-order valence-electron chi connectivity index (χ3n) is 8.52. The van der Waals surface area contributed by atoms with Gasteiger partial charge in [0.25, 0.3) is 5.91 Å². The third-order valence-corrected chi connectivity index (χ3v) is 10.5. The minimum atomic E-state index is -3.25. The topological polar surface area (TPSA) is 103 Å². The van der Waals surface area contributed by atoms with Crippen LogP contribution >= 0.6 is 0 Å². The van der Waals surface area contributed by atoms with Crippen molar-refractivity contribution in [1.82, 2.24) is 19.1 Å². The van der Waals surface area contributed by atoms with Crippen molar-refractivity contribution in [3.05, 3.63) is 59.3 Å². The molecular formula is C31H43N5O3S. The summed E-state index contributed by atoms with van der Waals surface area (Å²) < 4.78 is 27.4. The van der Waals surface area contributed by atoms with E-state index in [-0.39, 0.29) is 11.7 Å². The fraction of sp³-hybridized carbons (Fsp3) is 0.516. The normalized spacial score (nSPS) is 18.1. The maximum atomic E-state index is 12.9. The molecule has 0 bridgehead atoms. The molecule has 1 aromatic heterocycles. The molecule has 0 radical (unpaired) electrons. The maximum absolute atomic E-state index is 12.9. The maximum Gasteiger partial charge on any atom is 0.250 e. The molecule has 0 saturated carbocycles. The summed E-state index contributed by atoms with van der Waals surface area (Å²) in [5.41, 5.74) is 11.5. The van der Waals surface area contributed by atoms with Crippen LogP contribution in [0.5, 0.6) is 0 Å². The minimum absolute atomic E-state index is 0.186. The molecule has 2 saturated heterocycles. The van der Waals surface area contributed by atoms with E-state index in [0.29, 0.717) is 25.1 Å². The number of H-pyrrole nitrogens is 1. The van der Waals surface area contributed by atoms with Gasteiger partial charge in [-0.15, -0.1) is 0 Å². The molecule has 2 fully saturated rings. The summed E-state index contributed by atoms with van der Waals surface area (Å²) in [6, 6.07) is 12.7. The van der Waals surface area contributed by atoms with E-state index in [1.165, 1.54) is 24.8 Å². The Morgan fingerprint density at radius 3 is 2.35 bits per heavy atom. The lowest BCUT2D eigenvalue weighted by molar-refractivity contribution is 0.100. The van der Waals surface area contributed by atoms with Crippen molar-refractivity contribution in [3.63, 3.8) is 0 Å². The van der Waals surface area contributed by atoms with E-state index in [4.69, 9.17) is 5.73 Å². The Morgan fingerprint density at radius 1 is 1.00 bits per heavy atom. The minimum Gasteiger partial charge on any atom is -0.366 e. The number of sulfonamides is 1. The number of likely N-dealkylation sites (tertiary alicyclic amines) is 1. The highest BCUT2D eigenvalue weighted by Gasteiger charge is 2.30. The van der Waals surface area contributed by atoms with E-state index >= 15 is 0 Å². The summed E-state index contributed by atoms with van der Waals surface area (Å²) in [5.74, 6) is -0.0593. The average molecular weight is 566 g/mol. The van der Waals surface area contributed by atoms with E-state index in [2.05, 4.69) is 40.2 Å². The van der Waals surface area contributed by atoms with Crippen molar-refractivity contribution >= 4 is 26.8 Å². The van der Waals surface area contributed by atoms with Crippen LogP contribution in [0.25, 0.3) is 22.0 Å². The summed E-state index contributed by atoms with van der Waals surface area (Å²) in [4.78, 5) is 20.3. The van der Waals surface area contributed by atoms with Crippen LogP contribution in [0, 0.1) is 0 Å². The molecular weight excluding hydrogens is 522 g/mol. The smallest absolute Gasteiger partial charge is 0.250 e. The van der Waals surface area contributed by atoms with Gasteiger partial charge in [0, 0.05) is 31.2 Å². The second-order valence-corrected chi connectivity index (χ2v) is 13.8. The van der Waals surface area contributed by atoms with Gasteiger partial charge in [-0.25, -0.2) is 12.7 Å². The predicted molar refractivity (Wildman–Crippen MR) is 162 cm³/mol. The number of hydrogen-bond donors (Lipinski definition) is 2. The van der Waals surface area contributed by atoms with Crippen molar-refractivity contribution in [2.75, 3.05) is 52.6 Å². The second kappa shape index (κ2) is 12.4. The van der Waals surface area contributed by atoms with Gasteiger partial charge in [-0.3, -0.25) is 9.69 Å². The molecule has 2 aromatic carbocycles. The number of fused-ring (bicyclic) bond motifs is 1. The number of nitrogens with one attached hydrogen (secondary N) is 1. The standard InChI is InChI=1S/C31H43N5O3S/c1-34(2)13-6-18-40(38,39)36-16-11-25(12-17-36)29-21-33-30-27(29)19-26(20-28(30)31(32)37)24-9-7-23(8-10-24)22-35-14-4-3-5-15-35/h7-10,19-21,25,33H,3-6,11-18,22H2,1-2H3,(H2,32,37). The Hall–Kier alpha value is -2.72. The summed E-state index contributed by atoms with van der Waals surface area (Å²) in [5, 5.41) is 0.996. The number of nitrogens with zero attached hydrogens (tertiary/aromatic N) is 3. The van der Waals surface area contributed by atoms with E-state index in [0.717, 1.165) is 66.6 Å². The Balaban J connectivity index is 1.34. The first-order valence-electron chi connectivity index (χ1n) is 14.6. The molecule has 2 aliphatic heterocycles. The van der Waals surface area contributed by atoms with Gasteiger partial charge in [-0.05, 0) is 106 Å². The van der Waals surface area contributed by atoms with Crippen molar-refractivity contribution in [2.45, 2.75) is 51.0 Å². The molecule has 216 valence electrons. The SMILES string of the molecule is CN(C)CCCS(=O)(=O)N1CCC(c2c[nH]c3c(C(N)=O)cc(-c4ccc(CN5CCCCC5)cc4)cc23)CC1. The summed E-state index contributed by atoms with van der Waals surface area (Å²) >= 11 is 0. The number of hydrogen-bond acceptors (Lipinski definition) is 5. The fourth-order valence-electron chi connectivity index (χ4n) is 6.27. The van der Waals surface area contributed by atoms with Gasteiger partial charge in [0.1, 0.15) is 0 Å². The van der Waals surface area contributed by atoms with Gasteiger partial charge >= 0.3 is 0 Å². The molecule has 3 N–H and O–H groups in total. The van der Waals surface area contributed by atoms with Gasteiger partial charge < -0.3 is 15.6 Å². The van der Waals surface area contributed by atoms with Crippen LogP contribution in [-0.4, -0.2) is 86.0 Å². The largest absolute Gasteiger partial charge is 0.366 e. The monoisotopic (exact) mass is 565 g/mol. The Kier molecular flexibility index (Phi) is 8.95. The van der Waals surface area contributed by atoms with Crippen LogP contribution in [0.1, 0.15) is 65.9 Å². The van der Waals surface area contributed by atoms with Crippen molar-refractivity contribution in [1.29, 1.82) is 0 Å². The molecule has 3 aromatic rings. The number of carbonyl (C=O) groups is 1. The summed E-state index contributed by atoms with van der Waals surface area (Å²) in [6.45, 7) is 5.09. The number of rotatable bonds is 10. The van der Waals surface area contributed by atoms with Gasteiger partial charge in [-0.1, -0.05) is 30.7 Å². The average Bonchev–Trinajstić information content (AvgIpc) is 3.37. The zero-order valence-corrected chi connectivity index (χ0v) is 24.7. The van der Waals surface area contributed by atoms with Crippen LogP contribution in [-0.2, 0) is 16.6 Å². The van der Waals surface area contributed by atoms with Gasteiger partial charge in [0.05, 0.1) is 16.8 Å². The molecule has 0 atom stereocenters. The number of primary amides is 1. The molecule has 5 rings (SSSR count). The highest BCUT2D eigenvalue weighted by molar-refractivity contribution is 7.89. The van der Waals surface area contributed by atoms with Crippen molar-refractivity contribution in [2.24, 2.45) is 5.73 Å². The summed E-state index contributed by atoms with van der Waals surface area (Å²) in [7, 11) is 0.664. The molecule has 0 aliphatic carbocycles. The van der Waals surface area contributed by atoms with Crippen LogP contribution in [0.4, 0.5) is 0 Å². The summed E-state index contributed by atoms with van der Waals surface area (Å²) in [6.07, 6.45) is 8.00. The molecule has 1 amide bonds. The van der Waals surface area contributed by atoms with Crippen molar-refractivity contribution in [3.8, 4) is 11.1 Å². The number of aromatic nitrogens is 1. The Morgan fingerprint density at radius 2 is 1.70 bits per heavy atom. The first-order valence-corrected chi connectivity index (χ1v) is 16.2. The molecule has 9 heteroatoms. The number of nitrogens with two attached hydrogens (primary N) is 1. The fourth-order valence-corrected chi connectivity index (χ4v) is 7.79. The quantitative estimate of drug-likeness (QED) is 0.380. The Labute approximate surface area is 238 Å². The molecule has 40 heavy (non-hydrogen) atoms. The van der Waals surface area contributed by atoms with E-state index in [1.807, 2.05) is 31.3 Å². The second-order valence-electron chi connectivity index (χ2n) is 11.7. The molecule has 8 nitrogen and oxygen atoms in total. The Bertz CT molecular complexity index is 1420. The van der Waals surface area contributed by atoms with E-state index in [1.54, 1.807) is 4.31 Å². The molecule has 0 unspecified atom stereocenters.